The summed E-state index contributed by atoms with van der Waals surface area (Å²) in [5.41, 5.74) is 1.64. The molecule has 0 atom stereocenters. The maximum Gasteiger partial charge on any atom is 0.255 e. The number of nitriles is 1. The Labute approximate surface area is 110 Å². The van der Waals surface area contributed by atoms with Crippen molar-refractivity contribution in [3.8, 4) is 6.07 Å². The molecule has 0 saturated heterocycles. The summed E-state index contributed by atoms with van der Waals surface area (Å²) >= 11 is 4.18. The minimum Gasteiger partial charge on any atom is -0.322 e. The molecule has 0 aliphatic rings. The van der Waals surface area contributed by atoms with Gasteiger partial charge in [0, 0.05) is 16.1 Å². The number of rotatable bonds is 2. The van der Waals surface area contributed by atoms with Gasteiger partial charge in [0.2, 0.25) is 0 Å². The van der Waals surface area contributed by atoms with Crippen molar-refractivity contribution in [1.29, 1.82) is 5.26 Å². The summed E-state index contributed by atoms with van der Waals surface area (Å²) in [5, 5.41) is 11.5. The quantitative estimate of drug-likeness (QED) is 0.809. The Hall–Kier alpha value is -2.25. The standard InChI is InChI=1S/C14H10N2OS/c15-9-10-3-1-5-12(7-10)16-14(17)11-4-2-6-13(18)8-11/h1-8,18H,(H,16,17). The second-order valence-electron chi connectivity index (χ2n) is 3.70. The molecule has 1 N–H and O–H groups in total. The van der Waals surface area contributed by atoms with Crippen molar-refractivity contribution >= 4 is 24.2 Å². The number of carbonyl (C=O) groups is 1. The molecule has 2 aromatic rings. The molecule has 3 nitrogen and oxygen atoms in total. The van der Waals surface area contributed by atoms with E-state index in [4.69, 9.17) is 5.26 Å². The summed E-state index contributed by atoms with van der Waals surface area (Å²) < 4.78 is 0. The van der Waals surface area contributed by atoms with Gasteiger partial charge in [-0.15, -0.1) is 12.6 Å². The van der Waals surface area contributed by atoms with Crippen LogP contribution >= 0.6 is 12.6 Å². The lowest BCUT2D eigenvalue weighted by Crippen LogP contribution is -2.11. The van der Waals surface area contributed by atoms with Gasteiger partial charge in [-0.25, -0.2) is 0 Å². The van der Waals surface area contributed by atoms with Crippen LogP contribution in [0, 0.1) is 11.3 Å². The molecule has 0 aliphatic carbocycles. The highest BCUT2D eigenvalue weighted by Gasteiger charge is 2.06. The van der Waals surface area contributed by atoms with E-state index < -0.39 is 0 Å². The third-order valence-corrected chi connectivity index (χ3v) is 2.64. The van der Waals surface area contributed by atoms with Gasteiger partial charge in [0.15, 0.2) is 0 Å². The third kappa shape index (κ3) is 2.90. The highest BCUT2D eigenvalue weighted by molar-refractivity contribution is 7.80. The van der Waals surface area contributed by atoms with Crippen LogP contribution in [0.5, 0.6) is 0 Å². The summed E-state index contributed by atoms with van der Waals surface area (Å²) in [6.07, 6.45) is 0. The van der Waals surface area contributed by atoms with Crippen molar-refractivity contribution in [3.05, 3.63) is 59.7 Å². The van der Waals surface area contributed by atoms with E-state index in [2.05, 4.69) is 17.9 Å². The number of benzene rings is 2. The number of nitrogens with zero attached hydrogens (tertiary/aromatic N) is 1. The number of amides is 1. The van der Waals surface area contributed by atoms with E-state index in [-0.39, 0.29) is 5.91 Å². The SMILES string of the molecule is N#Cc1cccc(NC(=O)c2cccc(S)c2)c1. The molecule has 0 aliphatic heterocycles. The first kappa shape index (κ1) is 12.2. The van der Waals surface area contributed by atoms with Crippen molar-refractivity contribution in [2.45, 2.75) is 4.90 Å². The Morgan fingerprint density at radius 3 is 2.67 bits per heavy atom. The zero-order chi connectivity index (χ0) is 13.0. The third-order valence-electron chi connectivity index (χ3n) is 2.36. The second kappa shape index (κ2) is 5.39. The fourth-order valence-corrected chi connectivity index (χ4v) is 1.74. The van der Waals surface area contributed by atoms with Crippen molar-refractivity contribution in [2.75, 3.05) is 5.32 Å². The molecule has 0 bridgehead atoms. The van der Waals surface area contributed by atoms with E-state index in [0.29, 0.717) is 16.8 Å². The Bertz CT molecular complexity index is 632. The normalized spacial score (nSPS) is 9.56. The van der Waals surface area contributed by atoms with Crippen LogP contribution in [-0.2, 0) is 0 Å². The van der Waals surface area contributed by atoms with Gasteiger partial charge < -0.3 is 5.32 Å². The molecular weight excluding hydrogens is 244 g/mol. The largest absolute Gasteiger partial charge is 0.322 e. The predicted molar refractivity (Wildman–Crippen MR) is 72.8 cm³/mol. The number of hydrogen-bond donors (Lipinski definition) is 2. The van der Waals surface area contributed by atoms with Crippen LogP contribution in [0.4, 0.5) is 5.69 Å². The van der Waals surface area contributed by atoms with Crippen LogP contribution in [0.15, 0.2) is 53.4 Å². The first-order valence-corrected chi connectivity index (χ1v) is 5.74. The summed E-state index contributed by atoms with van der Waals surface area (Å²) in [6, 6.07) is 15.8. The van der Waals surface area contributed by atoms with Crippen LogP contribution in [0.25, 0.3) is 0 Å². The van der Waals surface area contributed by atoms with Crippen LogP contribution in [0.1, 0.15) is 15.9 Å². The highest BCUT2D eigenvalue weighted by Crippen LogP contribution is 2.13. The van der Waals surface area contributed by atoms with Gasteiger partial charge >= 0.3 is 0 Å². The van der Waals surface area contributed by atoms with Crippen molar-refractivity contribution in [2.24, 2.45) is 0 Å². The van der Waals surface area contributed by atoms with E-state index >= 15 is 0 Å². The molecule has 18 heavy (non-hydrogen) atoms. The molecule has 0 spiro atoms. The lowest BCUT2D eigenvalue weighted by atomic mass is 10.2. The summed E-state index contributed by atoms with van der Waals surface area (Å²) in [4.78, 5) is 12.7. The van der Waals surface area contributed by atoms with Crippen LogP contribution < -0.4 is 5.32 Å². The van der Waals surface area contributed by atoms with Crippen LogP contribution in [-0.4, -0.2) is 5.91 Å². The molecule has 2 aromatic carbocycles. The minimum atomic E-state index is -0.221. The van der Waals surface area contributed by atoms with Crippen molar-refractivity contribution in [1.82, 2.24) is 0 Å². The van der Waals surface area contributed by atoms with Gasteiger partial charge in [-0.05, 0) is 36.4 Å². The lowest BCUT2D eigenvalue weighted by molar-refractivity contribution is 0.102. The minimum absolute atomic E-state index is 0.221. The number of anilines is 1. The van der Waals surface area contributed by atoms with Crippen LogP contribution in [0.2, 0.25) is 0 Å². The highest BCUT2D eigenvalue weighted by atomic mass is 32.1. The number of thiol groups is 1. The maximum atomic E-state index is 11.9. The van der Waals surface area contributed by atoms with Crippen molar-refractivity contribution < 1.29 is 4.79 Å². The Morgan fingerprint density at radius 1 is 1.17 bits per heavy atom. The summed E-state index contributed by atoms with van der Waals surface area (Å²) in [6.45, 7) is 0. The molecule has 0 aromatic heterocycles. The second-order valence-corrected chi connectivity index (χ2v) is 4.21. The molecule has 1 amide bonds. The van der Waals surface area contributed by atoms with Gasteiger partial charge in [0.25, 0.3) is 5.91 Å². The predicted octanol–water partition coefficient (Wildman–Crippen LogP) is 3.10. The number of carbonyl (C=O) groups excluding carboxylic acids is 1. The first-order valence-electron chi connectivity index (χ1n) is 5.29. The molecule has 4 heteroatoms. The van der Waals surface area contributed by atoms with Gasteiger partial charge in [-0.1, -0.05) is 12.1 Å². The van der Waals surface area contributed by atoms with E-state index in [1.165, 1.54) is 0 Å². The average Bonchev–Trinajstić information content (AvgIpc) is 2.39. The van der Waals surface area contributed by atoms with Gasteiger partial charge in [-0.3, -0.25) is 4.79 Å². The van der Waals surface area contributed by atoms with Gasteiger partial charge in [-0.2, -0.15) is 5.26 Å². The van der Waals surface area contributed by atoms with E-state index in [9.17, 15) is 4.79 Å². The maximum absolute atomic E-state index is 11.9. The molecular formula is C14H10N2OS. The molecule has 2 rings (SSSR count). The van der Waals surface area contributed by atoms with Gasteiger partial charge in [0.05, 0.1) is 11.6 Å². The topological polar surface area (TPSA) is 52.9 Å². The molecule has 0 heterocycles. The van der Waals surface area contributed by atoms with Gasteiger partial charge in [0.1, 0.15) is 0 Å². The van der Waals surface area contributed by atoms with Crippen molar-refractivity contribution in [3.63, 3.8) is 0 Å². The number of nitrogens with one attached hydrogen (secondary N) is 1. The molecule has 0 fully saturated rings. The Morgan fingerprint density at radius 2 is 1.94 bits per heavy atom. The summed E-state index contributed by atoms with van der Waals surface area (Å²) in [7, 11) is 0. The fraction of sp³-hybridized carbons (Fsp3) is 0. The molecule has 0 radical (unpaired) electrons. The Balaban J connectivity index is 2.19. The zero-order valence-corrected chi connectivity index (χ0v) is 10.3. The molecule has 0 saturated carbocycles. The zero-order valence-electron chi connectivity index (χ0n) is 9.42. The Kier molecular flexibility index (Phi) is 3.66. The molecule has 88 valence electrons. The monoisotopic (exact) mass is 254 g/mol. The average molecular weight is 254 g/mol. The number of hydrogen-bond acceptors (Lipinski definition) is 3. The first-order chi connectivity index (χ1) is 8.69. The van der Waals surface area contributed by atoms with E-state index in [0.717, 1.165) is 4.90 Å². The fourth-order valence-electron chi connectivity index (χ4n) is 1.52. The van der Waals surface area contributed by atoms with E-state index in [1.807, 2.05) is 6.07 Å². The van der Waals surface area contributed by atoms with E-state index in [1.54, 1.807) is 48.5 Å². The van der Waals surface area contributed by atoms with Crippen LogP contribution in [0.3, 0.4) is 0 Å². The smallest absolute Gasteiger partial charge is 0.255 e. The lowest BCUT2D eigenvalue weighted by Gasteiger charge is -2.05. The summed E-state index contributed by atoms with van der Waals surface area (Å²) in [5.74, 6) is -0.221. The molecule has 0 unspecified atom stereocenters.